The van der Waals surface area contributed by atoms with Gasteiger partial charge < -0.3 is 10.1 Å². The molecule has 1 N–H and O–H groups in total. The lowest BCUT2D eigenvalue weighted by atomic mass is 10.1. The smallest absolute Gasteiger partial charge is 0.387 e. The molecule has 0 amide bonds. The molecule has 0 saturated carbocycles. The van der Waals surface area contributed by atoms with Gasteiger partial charge in [0.05, 0.1) is 0 Å². The average Bonchev–Trinajstić information content (AvgIpc) is 2.36. The molecule has 0 radical (unpaired) electrons. The fourth-order valence-electron chi connectivity index (χ4n) is 1.67. The van der Waals surface area contributed by atoms with Crippen molar-refractivity contribution < 1.29 is 13.5 Å². The lowest BCUT2D eigenvalue weighted by Gasteiger charge is -2.17. The normalized spacial score (nSPS) is 12.7. The first-order valence-corrected chi connectivity index (χ1v) is 7.79. The van der Waals surface area contributed by atoms with Gasteiger partial charge in [0.15, 0.2) is 0 Å². The zero-order valence-electron chi connectivity index (χ0n) is 11.0. The molecule has 1 unspecified atom stereocenters. The van der Waals surface area contributed by atoms with E-state index in [1.54, 1.807) is 23.9 Å². The van der Waals surface area contributed by atoms with Gasteiger partial charge in [-0.25, -0.2) is 0 Å². The van der Waals surface area contributed by atoms with Crippen LogP contribution in [0.4, 0.5) is 8.78 Å². The third kappa shape index (κ3) is 5.97. The fourth-order valence-corrected chi connectivity index (χ4v) is 2.62. The summed E-state index contributed by atoms with van der Waals surface area (Å²) in [5.74, 6) is 1.15. The van der Waals surface area contributed by atoms with E-state index in [0.717, 1.165) is 12.2 Å². The van der Waals surface area contributed by atoms with Crippen LogP contribution in [0.15, 0.2) is 18.2 Å². The molecule has 1 rings (SSSR count). The van der Waals surface area contributed by atoms with Crippen molar-refractivity contribution in [2.45, 2.75) is 32.5 Å². The highest BCUT2D eigenvalue weighted by Gasteiger charge is 2.12. The van der Waals surface area contributed by atoms with Gasteiger partial charge in [-0.05, 0) is 30.9 Å². The van der Waals surface area contributed by atoms with Gasteiger partial charge in [0, 0.05) is 28.9 Å². The Balaban J connectivity index is 2.71. The summed E-state index contributed by atoms with van der Waals surface area (Å²) in [6.45, 7) is -0.280. The van der Waals surface area contributed by atoms with Crippen molar-refractivity contribution >= 4 is 23.4 Å². The predicted molar refractivity (Wildman–Crippen MR) is 77.4 cm³/mol. The van der Waals surface area contributed by atoms with Crippen LogP contribution in [0.2, 0.25) is 5.02 Å². The number of halogens is 3. The number of nitrogens with one attached hydrogen (secondary N) is 1. The molecule has 1 aromatic carbocycles. The van der Waals surface area contributed by atoms with Crippen molar-refractivity contribution in [3.63, 3.8) is 0 Å². The van der Waals surface area contributed by atoms with Gasteiger partial charge in [-0.2, -0.15) is 20.5 Å². The number of rotatable bonds is 8. The first-order chi connectivity index (χ1) is 9.06. The van der Waals surface area contributed by atoms with E-state index in [9.17, 15) is 8.78 Å². The van der Waals surface area contributed by atoms with Gasteiger partial charge in [0.2, 0.25) is 0 Å². The van der Waals surface area contributed by atoms with E-state index in [2.05, 4.69) is 17.0 Å². The maximum Gasteiger partial charge on any atom is 0.387 e. The van der Waals surface area contributed by atoms with Crippen LogP contribution >= 0.6 is 23.4 Å². The lowest BCUT2D eigenvalue weighted by molar-refractivity contribution is -0.0505. The predicted octanol–water partition coefficient (Wildman–Crippen LogP) is 4.17. The van der Waals surface area contributed by atoms with E-state index in [4.69, 9.17) is 11.6 Å². The summed E-state index contributed by atoms with van der Waals surface area (Å²) in [5.41, 5.74) is 0.646. The maximum atomic E-state index is 12.3. The number of benzene rings is 1. The molecule has 0 heterocycles. The minimum Gasteiger partial charge on any atom is -0.434 e. The molecule has 2 nitrogen and oxygen atoms in total. The molecule has 1 aromatic rings. The number of hydrogen-bond acceptors (Lipinski definition) is 3. The lowest BCUT2D eigenvalue weighted by Crippen LogP contribution is -2.30. The molecule has 0 aromatic heterocycles. The van der Waals surface area contributed by atoms with Gasteiger partial charge in [0.25, 0.3) is 0 Å². The van der Waals surface area contributed by atoms with Crippen molar-refractivity contribution in [2.75, 3.05) is 12.0 Å². The molecule has 108 valence electrons. The molecule has 0 saturated heterocycles. The Bertz CT molecular complexity index is 393. The van der Waals surface area contributed by atoms with Crippen LogP contribution in [0.1, 0.15) is 18.9 Å². The van der Waals surface area contributed by atoms with E-state index >= 15 is 0 Å². The molecule has 0 aliphatic carbocycles. The topological polar surface area (TPSA) is 21.3 Å². The summed E-state index contributed by atoms with van der Waals surface area (Å²) in [5, 5.41) is 3.83. The highest BCUT2D eigenvalue weighted by Crippen LogP contribution is 2.24. The Morgan fingerprint density at radius 3 is 2.74 bits per heavy atom. The third-order valence-electron chi connectivity index (χ3n) is 2.68. The summed E-state index contributed by atoms with van der Waals surface area (Å²) in [6.07, 6.45) is 3.02. The van der Waals surface area contributed by atoms with Crippen LogP contribution in [0.5, 0.6) is 5.75 Å². The SMILES string of the molecule is CCC(CSC)NCc1cc(Cl)ccc1OC(F)F. The summed E-state index contributed by atoms with van der Waals surface area (Å²) in [6, 6.07) is 5.01. The van der Waals surface area contributed by atoms with Crippen LogP contribution in [0, 0.1) is 0 Å². The first kappa shape index (κ1) is 16.5. The minimum absolute atomic E-state index is 0.172. The minimum atomic E-state index is -2.83. The summed E-state index contributed by atoms with van der Waals surface area (Å²) < 4.78 is 29.1. The molecule has 0 bridgehead atoms. The third-order valence-corrected chi connectivity index (χ3v) is 3.65. The van der Waals surface area contributed by atoms with Gasteiger partial charge in [0.1, 0.15) is 5.75 Å². The van der Waals surface area contributed by atoms with Crippen LogP contribution in [0.3, 0.4) is 0 Å². The average molecular weight is 310 g/mol. The Morgan fingerprint density at radius 1 is 1.42 bits per heavy atom. The molecule has 0 spiro atoms. The second-order valence-corrected chi connectivity index (χ2v) is 5.42. The Morgan fingerprint density at radius 2 is 2.16 bits per heavy atom. The Hall–Kier alpha value is -0.520. The van der Waals surface area contributed by atoms with E-state index in [0.29, 0.717) is 23.2 Å². The van der Waals surface area contributed by atoms with Crippen molar-refractivity contribution in [3.8, 4) is 5.75 Å². The standard InChI is InChI=1S/C13H18ClF2NOS/c1-3-11(8-19-2)17-7-9-6-10(14)4-5-12(9)18-13(15)16/h4-6,11,13,17H,3,7-8H2,1-2H3. The van der Waals surface area contributed by atoms with Crippen LogP contribution in [-0.2, 0) is 6.54 Å². The second kappa shape index (κ2) is 8.61. The Kier molecular flexibility index (Phi) is 7.49. The molecule has 0 aliphatic heterocycles. The van der Waals surface area contributed by atoms with Gasteiger partial charge in [-0.15, -0.1) is 0 Å². The zero-order valence-corrected chi connectivity index (χ0v) is 12.5. The molecule has 6 heteroatoms. The van der Waals surface area contributed by atoms with E-state index in [1.165, 1.54) is 6.07 Å². The van der Waals surface area contributed by atoms with Crippen molar-refractivity contribution in [1.82, 2.24) is 5.32 Å². The van der Waals surface area contributed by atoms with Gasteiger partial charge in [-0.1, -0.05) is 18.5 Å². The quantitative estimate of drug-likeness (QED) is 0.778. The number of thioether (sulfide) groups is 1. The van der Waals surface area contributed by atoms with E-state index in [1.807, 2.05) is 6.26 Å². The van der Waals surface area contributed by atoms with Gasteiger partial charge in [-0.3, -0.25) is 0 Å². The Labute approximate surface area is 121 Å². The van der Waals surface area contributed by atoms with Crippen molar-refractivity contribution in [2.24, 2.45) is 0 Å². The largest absolute Gasteiger partial charge is 0.434 e. The molecule has 0 fully saturated rings. The van der Waals surface area contributed by atoms with Crippen molar-refractivity contribution in [3.05, 3.63) is 28.8 Å². The first-order valence-electron chi connectivity index (χ1n) is 6.02. The highest BCUT2D eigenvalue weighted by atomic mass is 35.5. The summed E-state index contributed by atoms with van der Waals surface area (Å²) >= 11 is 7.64. The molecular formula is C13H18ClF2NOS. The highest BCUT2D eigenvalue weighted by molar-refractivity contribution is 7.98. The van der Waals surface area contributed by atoms with Crippen LogP contribution < -0.4 is 10.1 Å². The van der Waals surface area contributed by atoms with E-state index in [-0.39, 0.29) is 5.75 Å². The molecule has 19 heavy (non-hydrogen) atoms. The van der Waals surface area contributed by atoms with E-state index < -0.39 is 6.61 Å². The number of ether oxygens (including phenoxy) is 1. The van der Waals surface area contributed by atoms with Gasteiger partial charge >= 0.3 is 6.61 Å². The molecular weight excluding hydrogens is 292 g/mol. The maximum absolute atomic E-state index is 12.3. The monoisotopic (exact) mass is 309 g/mol. The second-order valence-electron chi connectivity index (χ2n) is 4.07. The van der Waals surface area contributed by atoms with Crippen LogP contribution in [0.25, 0.3) is 0 Å². The summed E-state index contributed by atoms with van der Waals surface area (Å²) in [7, 11) is 0. The van der Waals surface area contributed by atoms with Crippen molar-refractivity contribution in [1.29, 1.82) is 0 Å². The zero-order chi connectivity index (χ0) is 14.3. The summed E-state index contributed by atoms with van der Waals surface area (Å²) in [4.78, 5) is 0. The number of alkyl halides is 2. The van der Waals surface area contributed by atoms with Crippen LogP contribution in [-0.4, -0.2) is 24.7 Å². The number of hydrogen-bond donors (Lipinski definition) is 1. The molecule has 1 atom stereocenters. The molecule has 0 aliphatic rings. The fraction of sp³-hybridized carbons (Fsp3) is 0.538.